The summed E-state index contributed by atoms with van der Waals surface area (Å²) in [5.74, 6) is 1.75. The molecule has 10 aliphatic carbocycles. The Kier molecular flexibility index (Phi) is 32.0. The standard InChI is InChI=1S/C12H20O2.C12H18O2.C11H18O2.C8H14O.C8H12O.C6H13O5P.CH4.BH.Li.H2O.U/c2*1-9(11(13)14-2)6-10-7-12(8-10)4-3-5-12;1-8(10(12)13)5-9-6-11(7-9)3-2-4-11;2*9-6-7-4-8(5-7)2-1-3-8;1-5(6(7)9-2)12(8,10-3)11-4;;;;;/h9-10H,3-8H2,1-2H3;6,10H,3-5,7-8H2,1-2H3;8-9H,2-7H2,1H3,(H,12,13);7,9H,1-6H2;6-7H,1-5H2;5H,1-4H3;1H4;1H;;1H2;/q;;;;;;;;+1;;/p-1/b;9-6+;;;;;;;;;/i;;;;;;;1D;;;. The van der Waals surface area contributed by atoms with Crippen LogP contribution in [0.4, 0.5) is 0 Å². The van der Waals surface area contributed by atoms with Gasteiger partial charge >= 0.3 is 50.3 Å². The van der Waals surface area contributed by atoms with Gasteiger partial charge in [0.25, 0.3) is 0 Å². The third-order valence-corrected chi connectivity index (χ3v) is 21.7. The molecular weight excluding hydrogens is 1210 g/mol. The first-order chi connectivity index (χ1) is 34.6. The molecule has 0 bridgehead atoms. The maximum absolute atomic E-state index is 11.5. The quantitative estimate of drug-likeness (QED) is 0.0414. The number of aliphatic carboxylic acids is 1. The van der Waals surface area contributed by atoms with Crippen LogP contribution in [0.15, 0.2) is 11.6 Å². The van der Waals surface area contributed by atoms with E-state index in [1.54, 1.807) is 0 Å². The van der Waals surface area contributed by atoms with E-state index in [0.29, 0.717) is 46.5 Å². The van der Waals surface area contributed by atoms with Gasteiger partial charge in [-0.15, -0.1) is 0 Å². The summed E-state index contributed by atoms with van der Waals surface area (Å²) in [6.45, 7) is 7.52. The van der Waals surface area contributed by atoms with Crippen LogP contribution in [0.3, 0.4) is 0 Å². The number of rotatable bonds is 14. The van der Waals surface area contributed by atoms with Gasteiger partial charge in [-0.3, -0.25) is 18.9 Å². The number of carbonyl (C=O) groups excluding carboxylic acids is 4. The molecule has 0 amide bonds. The average Bonchev–Trinajstić information content (AvgIpc) is 3.26. The Labute approximate surface area is 498 Å². The smallest absolute Gasteiger partial charge is 0.870 e. The van der Waals surface area contributed by atoms with Crippen LogP contribution >= 0.6 is 7.60 Å². The van der Waals surface area contributed by atoms with E-state index in [-0.39, 0.29) is 86.7 Å². The molecule has 0 aromatic rings. The molecule has 18 heteroatoms. The first-order valence-electron chi connectivity index (χ1n) is 28.1. The fourth-order valence-electron chi connectivity index (χ4n) is 14.4. The van der Waals surface area contributed by atoms with E-state index in [2.05, 4.69) is 33.0 Å². The molecule has 3 N–H and O–H groups in total. The van der Waals surface area contributed by atoms with Crippen LogP contribution in [0.2, 0.25) is 0 Å². The number of aliphatic hydroxyl groups excluding tert-OH is 1. The van der Waals surface area contributed by atoms with Crippen molar-refractivity contribution in [3.8, 4) is 0 Å². The minimum atomic E-state index is -3.32. The van der Waals surface area contributed by atoms with Gasteiger partial charge in [0.1, 0.15) is 6.29 Å². The van der Waals surface area contributed by atoms with Crippen LogP contribution in [-0.4, -0.2) is 103 Å². The first kappa shape index (κ1) is 73.1. The number of ether oxygens (including phenoxy) is 3. The minimum Gasteiger partial charge on any atom is -0.870 e. The molecule has 0 aromatic heterocycles. The summed E-state index contributed by atoms with van der Waals surface area (Å²) in [5, 5.41) is 17.5. The fraction of sp³-hybridized carbons (Fsp3) is 0.879. The Morgan fingerprint density at radius 2 is 0.934 bits per heavy atom. The van der Waals surface area contributed by atoms with E-state index in [4.69, 9.17) is 16.3 Å². The fourth-order valence-corrected chi connectivity index (χ4v) is 15.5. The van der Waals surface area contributed by atoms with Crippen molar-refractivity contribution >= 4 is 46.1 Å². The number of methoxy groups -OCH3 is 3. The van der Waals surface area contributed by atoms with Crippen molar-refractivity contribution in [3.05, 3.63) is 11.6 Å². The molecular formula is C58H101BLiO14PU. The molecule has 430 valence electrons. The summed E-state index contributed by atoms with van der Waals surface area (Å²) in [6, 6.07) is 0. The molecule has 10 fully saturated rings. The molecule has 3 unspecified atom stereocenters. The Balaban J connectivity index is 0.000000890. The van der Waals surface area contributed by atoms with Gasteiger partial charge < -0.3 is 43.7 Å². The molecule has 10 saturated carbocycles. The maximum Gasteiger partial charge on any atom is 1.00 e. The number of hydrogen-bond acceptors (Lipinski definition) is 13. The van der Waals surface area contributed by atoms with Crippen molar-refractivity contribution in [2.75, 3.05) is 42.2 Å². The SMILES string of the molecule is C.CC(CC1CC2(CCC2)C1)C(=O)O.COC(=O)/C(C)=C/C1CC2(CCC2)C1.COC(=O)C(C)CC1CC2(CCC2)C1.COC(=O)C(C)P(=O)(OC)OC.O=CC1CC2(CCC2)C1.OCC1CC2(CCC2)C1.[2H][B].[Li+].[OH-].[U]. The van der Waals surface area contributed by atoms with Crippen LogP contribution in [0.1, 0.15) is 208 Å². The van der Waals surface area contributed by atoms with Gasteiger partial charge in [-0.2, -0.15) is 0 Å². The van der Waals surface area contributed by atoms with Gasteiger partial charge in [0, 0.05) is 71.8 Å². The molecule has 14 nitrogen and oxygen atoms in total. The molecule has 0 saturated heterocycles. The van der Waals surface area contributed by atoms with Gasteiger partial charge in [-0.05, 0) is 207 Å². The molecule has 5 spiro atoms. The summed E-state index contributed by atoms with van der Waals surface area (Å²) in [5.41, 5.74) is 3.45. The molecule has 3 atom stereocenters. The number of hydrogen-bond donors (Lipinski definition) is 2. The van der Waals surface area contributed by atoms with Crippen molar-refractivity contribution in [1.29, 1.82) is 1.34 Å². The molecule has 2 radical (unpaired) electrons. The monoisotopic (exact) mass is 1310 g/mol. The summed E-state index contributed by atoms with van der Waals surface area (Å²) in [4.78, 5) is 54.1. The van der Waals surface area contributed by atoms with Crippen LogP contribution in [-0.2, 0) is 51.8 Å². The van der Waals surface area contributed by atoms with Crippen molar-refractivity contribution in [2.24, 2.45) is 68.5 Å². The van der Waals surface area contributed by atoms with E-state index in [1.165, 1.54) is 203 Å². The number of carboxylic acids is 1. The van der Waals surface area contributed by atoms with E-state index >= 15 is 0 Å². The largest absolute Gasteiger partial charge is 1.00 e. The Morgan fingerprint density at radius 3 is 1.21 bits per heavy atom. The summed E-state index contributed by atoms with van der Waals surface area (Å²) in [6.07, 6.45) is 39.5. The summed E-state index contributed by atoms with van der Waals surface area (Å²) < 4.78 is 39.8. The van der Waals surface area contributed by atoms with Crippen molar-refractivity contribution < 1.29 is 117 Å². The molecule has 76 heavy (non-hydrogen) atoms. The predicted molar refractivity (Wildman–Crippen MR) is 290 cm³/mol. The molecule has 0 aliphatic heterocycles. The molecule has 10 rings (SSSR count). The second-order valence-corrected chi connectivity index (χ2v) is 27.4. The topological polar surface area (TPSA) is 219 Å². The zero-order valence-corrected chi connectivity index (χ0v) is 53.0. The van der Waals surface area contributed by atoms with Gasteiger partial charge in [0.15, 0.2) is 5.66 Å². The Hall–Kier alpha value is -0.926. The molecule has 10 aliphatic rings. The van der Waals surface area contributed by atoms with Gasteiger partial charge in [0.2, 0.25) is 0 Å². The average molecular weight is 1310 g/mol. The first-order valence-corrected chi connectivity index (χ1v) is 29.2. The number of aliphatic hydroxyl groups is 1. The number of esters is 3. The van der Waals surface area contributed by atoms with Crippen LogP contribution in [0.25, 0.3) is 0 Å². The third kappa shape index (κ3) is 19.6. The zero-order chi connectivity index (χ0) is 54.3. The second-order valence-electron chi connectivity index (χ2n) is 24.8. The van der Waals surface area contributed by atoms with Crippen LogP contribution in [0.5, 0.6) is 0 Å². The number of carboxylic acid groups (broad SMARTS) is 1. The molecule has 0 aromatic carbocycles. The number of allylic oxidation sites excluding steroid dienone is 1. The second kappa shape index (κ2) is 33.2. The van der Waals surface area contributed by atoms with Gasteiger partial charge in [-0.1, -0.05) is 59.5 Å². The van der Waals surface area contributed by atoms with Crippen LogP contribution in [0, 0.1) is 99.6 Å². The van der Waals surface area contributed by atoms with Crippen LogP contribution < -0.4 is 18.9 Å². The van der Waals surface area contributed by atoms with Crippen molar-refractivity contribution in [3.63, 3.8) is 0 Å². The van der Waals surface area contributed by atoms with E-state index < -0.39 is 25.2 Å². The van der Waals surface area contributed by atoms with Crippen molar-refractivity contribution in [2.45, 2.75) is 214 Å². The Morgan fingerprint density at radius 1 is 0.605 bits per heavy atom. The number of carbonyl (C=O) groups is 5. The normalized spacial score (nSPS) is 26.9. The van der Waals surface area contributed by atoms with E-state index in [1.807, 2.05) is 20.8 Å². The molecule has 0 heterocycles. The van der Waals surface area contributed by atoms with E-state index in [0.717, 1.165) is 41.4 Å². The third-order valence-electron chi connectivity index (χ3n) is 19.6. The maximum atomic E-state index is 11.5. The zero-order valence-electron chi connectivity index (χ0n) is 48.9. The van der Waals surface area contributed by atoms with Gasteiger partial charge in [-0.25, -0.2) is 4.79 Å². The van der Waals surface area contributed by atoms with E-state index in [9.17, 15) is 28.5 Å². The summed E-state index contributed by atoms with van der Waals surface area (Å²) in [7, 11) is 7.02. The minimum absolute atomic E-state index is 0. The van der Waals surface area contributed by atoms with Crippen molar-refractivity contribution in [1.82, 2.24) is 0 Å². The predicted octanol–water partition coefficient (Wildman–Crippen LogP) is 9.30. The number of aldehydes is 1. The Bertz CT molecular complexity index is 1840. The van der Waals surface area contributed by atoms with Gasteiger partial charge in [0.05, 0.1) is 33.2 Å². The summed E-state index contributed by atoms with van der Waals surface area (Å²) >= 11 is 0.